The molecule has 0 bridgehead atoms. The van der Waals surface area contributed by atoms with Gasteiger partial charge in [-0.15, -0.1) is 0 Å². The van der Waals surface area contributed by atoms with E-state index in [4.69, 9.17) is 22.9 Å². The summed E-state index contributed by atoms with van der Waals surface area (Å²) in [5.41, 5.74) is 21.5. The Morgan fingerprint density at radius 1 is 0.800 bits per heavy atom. The van der Waals surface area contributed by atoms with Crippen LogP contribution in [0.5, 0.6) is 0 Å². The quantitative estimate of drug-likeness (QED) is 0.185. The van der Waals surface area contributed by atoms with Crippen LogP contribution in [-0.2, 0) is 28.7 Å². The fraction of sp³-hybridized carbons (Fsp3) is 0.714. The van der Waals surface area contributed by atoms with Crippen molar-refractivity contribution in [3.05, 3.63) is 0 Å². The van der Waals surface area contributed by atoms with Gasteiger partial charge >= 0.3 is 23.9 Å². The van der Waals surface area contributed by atoms with Gasteiger partial charge in [-0.3, -0.25) is 4.79 Å². The van der Waals surface area contributed by atoms with Crippen LogP contribution in [0.25, 0.3) is 0 Å². The van der Waals surface area contributed by atoms with Crippen molar-refractivity contribution in [1.82, 2.24) is 0 Å². The second-order valence-corrected chi connectivity index (χ2v) is 5.33. The number of carbonyl (C=O) groups excluding carboxylic acids is 4. The first-order valence-corrected chi connectivity index (χ1v) is 7.82. The van der Waals surface area contributed by atoms with E-state index >= 15 is 0 Å². The predicted molar refractivity (Wildman–Crippen MR) is 85.3 cm³/mol. The Morgan fingerprint density at radius 2 is 1.24 bits per heavy atom. The maximum absolute atomic E-state index is 11.5. The van der Waals surface area contributed by atoms with Gasteiger partial charge in [0.1, 0.15) is 12.1 Å². The minimum Gasteiger partial charge on any atom is -0.392 e. The second kappa shape index (κ2) is 12.4. The molecule has 9 N–H and O–H groups in total. The highest BCUT2D eigenvalue weighted by molar-refractivity contribution is 5.94. The molecule has 25 heavy (non-hydrogen) atoms. The van der Waals surface area contributed by atoms with Crippen molar-refractivity contribution in [2.45, 2.75) is 50.3 Å². The van der Waals surface area contributed by atoms with Gasteiger partial charge in [0.05, 0.1) is 6.42 Å². The van der Waals surface area contributed by atoms with Gasteiger partial charge in [-0.1, -0.05) is 0 Å². The normalized spacial score (nSPS) is 14.3. The van der Waals surface area contributed by atoms with Crippen molar-refractivity contribution in [1.29, 1.82) is 0 Å². The molecule has 0 saturated carbocycles. The van der Waals surface area contributed by atoms with E-state index in [0.29, 0.717) is 25.9 Å². The Bertz CT molecular complexity index is 472. The number of esters is 4. The lowest BCUT2D eigenvalue weighted by Crippen LogP contribution is -2.38. The lowest BCUT2D eigenvalue weighted by molar-refractivity contribution is -0.172. The van der Waals surface area contributed by atoms with Crippen molar-refractivity contribution < 1.29 is 33.8 Å². The van der Waals surface area contributed by atoms with Crippen LogP contribution >= 0.6 is 0 Å². The van der Waals surface area contributed by atoms with E-state index in [2.05, 4.69) is 9.47 Å². The minimum absolute atomic E-state index is 0.204. The molecular weight excluding hydrogens is 336 g/mol. The monoisotopic (exact) mass is 362 g/mol. The molecule has 11 nitrogen and oxygen atoms in total. The molecule has 0 saturated heterocycles. The number of hydrogen-bond donors (Lipinski definition) is 5. The Morgan fingerprint density at radius 3 is 1.68 bits per heavy atom. The Balaban J connectivity index is 4.31. The summed E-state index contributed by atoms with van der Waals surface area (Å²) >= 11 is 0. The van der Waals surface area contributed by atoms with Gasteiger partial charge in [-0.2, -0.15) is 0 Å². The van der Waals surface area contributed by atoms with E-state index in [1.165, 1.54) is 0 Å². The molecule has 0 fully saturated rings. The van der Waals surface area contributed by atoms with Crippen molar-refractivity contribution in [2.24, 2.45) is 22.9 Å². The summed E-state index contributed by atoms with van der Waals surface area (Å²) in [5.74, 6) is -4.60. The minimum atomic E-state index is -1.98. The van der Waals surface area contributed by atoms with Gasteiger partial charge < -0.3 is 37.5 Å². The molecule has 1 unspecified atom stereocenters. The fourth-order valence-corrected chi connectivity index (χ4v) is 1.62. The molecule has 11 heteroatoms. The molecular formula is C14H26N4O7. The van der Waals surface area contributed by atoms with Gasteiger partial charge in [0, 0.05) is 0 Å². The Labute approximate surface area is 145 Å². The first-order valence-electron chi connectivity index (χ1n) is 7.82. The van der Waals surface area contributed by atoms with Crippen molar-refractivity contribution in [2.75, 3.05) is 13.1 Å². The third-order valence-corrected chi connectivity index (χ3v) is 3.09. The number of ether oxygens (including phenoxy) is 2. The molecule has 0 aromatic carbocycles. The zero-order valence-corrected chi connectivity index (χ0v) is 13.9. The lowest BCUT2D eigenvalue weighted by atomic mass is 10.1. The van der Waals surface area contributed by atoms with Crippen LogP contribution < -0.4 is 22.9 Å². The smallest absolute Gasteiger partial charge is 0.343 e. The van der Waals surface area contributed by atoms with Crippen molar-refractivity contribution >= 4 is 23.9 Å². The van der Waals surface area contributed by atoms with Crippen molar-refractivity contribution in [3.8, 4) is 0 Å². The molecule has 0 amide bonds. The van der Waals surface area contributed by atoms with Crippen LogP contribution in [0.15, 0.2) is 0 Å². The van der Waals surface area contributed by atoms with Gasteiger partial charge in [-0.25, -0.2) is 14.4 Å². The summed E-state index contributed by atoms with van der Waals surface area (Å²) in [6.45, 7) is 0.631. The lowest BCUT2D eigenvalue weighted by Gasteiger charge is -2.13. The van der Waals surface area contributed by atoms with Crippen LogP contribution in [0.4, 0.5) is 0 Å². The summed E-state index contributed by atoms with van der Waals surface area (Å²) in [6, 6.07) is -2.12. The average Bonchev–Trinajstić information content (AvgIpc) is 2.56. The van der Waals surface area contributed by atoms with Gasteiger partial charge in [0.2, 0.25) is 0 Å². The maximum Gasteiger partial charge on any atom is 0.343 e. The number of rotatable bonds is 11. The molecule has 3 atom stereocenters. The Kier molecular flexibility index (Phi) is 11.5. The van der Waals surface area contributed by atoms with Gasteiger partial charge in [0.25, 0.3) is 0 Å². The van der Waals surface area contributed by atoms with Gasteiger partial charge in [-0.05, 0) is 38.8 Å². The molecule has 0 rings (SSSR count). The van der Waals surface area contributed by atoms with Crippen LogP contribution in [0, 0.1) is 0 Å². The highest BCUT2D eigenvalue weighted by Gasteiger charge is 2.28. The third-order valence-electron chi connectivity index (χ3n) is 3.09. The van der Waals surface area contributed by atoms with E-state index in [1.54, 1.807) is 0 Å². The van der Waals surface area contributed by atoms with Crippen molar-refractivity contribution in [3.63, 3.8) is 0 Å². The number of aliphatic hydroxyl groups is 1. The molecule has 0 radical (unpaired) electrons. The molecule has 144 valence electrons. The SMILES string of the molecule is NCCC[C@H](N)C(=O)OC(=O)CC(O)C(=O)OC(=O)[C@@H](N)CCCN. The topological polar surface area (TPSA) is 211 Å². The zero-order valence-electron chi connectivity index (χ0n) is 13.9. The Hall–Kier alpha value is -1.92. The van der Waals surface area contributed by atoms with E-state index in [9.17, 15) is 24.3 Å². The number of nitrogens with two attached hydrogens (primary N) is 4. The molecule has 0 aliphatic rings. The summed E-state index contributed by atoms with van der Waals surface area (Å²) in [7, 11) is 0. The highest BCUT2D eigenvalue weighted by atomic mass is 16.6. The maximum atomic E-state index is 11.5. The highest BCUT2D eigenvalue weighted by Crippen LogP contribution is 2.03. The second-order valence-electron chi connectivity index (χ2n) is 5.33. The van der Waals surface area contributed by atoms with E-state index in [1.807, 2.05) is 0 Å². The van der Waals surface area contributed by atoms with Gasteiger partial charge in [0.15, 0.2) is 6.10 Å². The largest absolute Gasteiger partial charge is 0.392 e. The number of hydrogen-bond acceptors (Lipinski definition) is 11. The first-order chi connectivity index (χ1) is 11.7. The summed E-state index contributed by atoms with van der Waals surface area (Å²) in [6.07, 6.45) is -1.51. The molecule has 0 heterocycles. The molecule has 0 aromatic heterocycles. The zero-order chi connectivity index (χ0) is 19.4. The molecule has 0 aliphatic carbocycles. The van der Waals surface area contributed by atoms with Crippen LogP contribution in [0.1, 0.15) is 32.1 Å². The average molecular weight is 362 g/mol. The molecule has 0 aromatic rings. The third kappa shape index (κ3) is 9.84. The van der Waals surface area contributed by atoms with E-state index < -0.39 is 48.5 Å². The summed E-state index contributed by atoms with van der Waals surface area (Å²) in [4.78, 5) is 46.0. The number of aliphatic hydroxyl groups excluding tert-OH is 1. The standard InChI is InChI=1S/C14H26N4O7/c15-5-1-3-8(17)12(21)24-11(20)7-10(19)14(23)25-13(22)9(18)4-2-6-16/h8-10,19H,1-7,15-18H2/t8-,9-,10?/m0/s1. The summed E-state index contributed by atoms with van der Waals surface area (Å²) in [5, 5.41) is 9.54. The van der Waals surface area contributed by atoms with Crippen LogP contribution in [-0.4, -0.2) is 60.3 Å². The van der Waals surface area contributed by atoms with E-state index in [-0.39, 0.29) is 12.8 Å². The van der Waals surface area contributed by atoms with Crippen LogP contribution in [0.2, 0.25) is 0 Å². The molecule has 0 spiro atoms. The van der Waals surface area contributed by atoms with E-state index in [0.717, 1.165) is 0 Å². The first kappa shape index (κ1) is 23.1. The molecule has 0 aliphatic heterocycles. The fourth-order valence-electron chi connectivity index (χ4n) is 1.62. The summed E-state index contributed by atoms with van der Waals surface area (Å²) < 4.78 is 8.75. The predicted octanol–water partition coefficient (Wildman–Crippen LogP) is -2.99. The van der Waals surface area contributed by atoms with Crippen LogP contribution in [0.3, 0.4) is 0 Å². The number of carbonyl (C=O) groups is 4.